The molecule has 0 aromatic carbocycles. The molecule has 0 saturated carbocycles. The molecule has 0 amide bonds. The molecule has 14 heavy (non-hydrogen) atoms. The summed E-state index contributed by atoms with van der Waals surface area (Å²) in [5.41, 5.74) is 0. The second-order valence-corrected chi connectivity index (χ2v) is 4.01. The molecule has 2 unspecified atom stereocenters. The van der Waals surface area contributed by atoms with E-state index in [1.54, 1.807) is 0 Å². The Hall–Kier alpha value is -0.120. The first-order chi connectivity index (χ1) is 6.77. The average Bonchev–Trinajstić information content (AvgIpc) is 2.62. The fraction of sp³-hybridized carbons (Fsp3) is 1.00. The highest BCUT2D eigenvalue weighted by Gasteiger charge is 2.24. The van der Waals surface area contributed by atoms with E-state index in [4.69, 9.17) is 4.74 Å². The Morgan fingerprint density at radius 3 is 2.93 bits per heavy atom. The van der Waals surface area contributed by atoms with Crippen LogP contribution in [0.4, 0.5) is 0 Å². The number of ether oxygens (including phenoxy) is 1. The van der Waals surface area contributed by atoms with Gasteiger partial charge < -0.3 is 9.84 Å². The summed E-state index contributed by atoms with van der Waals surface area (Å²) in [7, 11) is 0. The van der Waals surface area contributed by atoms with Crippen molar-refractivity contribution < 1.29 is 9.84 Å². The Bertz CT molecular complexity index is 152. The van der Waals surface area contributed by atoms with Gasteiger partial charge in [0.05, 0.1) is 12.7 Å². The number of hydrogen-bond acceptors (Lipinski definition) is 3. The molecule has 1 saturated heterocycles. The molecule has 3 heteroatoms. The van der Waals surface area contributed by atoms with Gasteiger partial charge in [-0.2, -0.15) is 0 Å². The van der Waals surface area contributed by atoms with Crippen LogP contribution in [0.5, 0.6) is 0 Å². The van der Waals surface area contributed by atoms with Crippen LogP contribution in [-0.2, 0) is 4.74 Å². The maximum absolute atomic E-state index is 9.69. The van der Waals surface area contributed by atoms with Crippen molar-refractivity contribution in [3.8, 4) is 0 Å². The third kappa shape index (κ3) is 3.56. The van der Waals surface area contributed by atoms with E-state index in [0.717, 1.165) is 13.1 Å². The SMILES string of the molecule is CCOCC(O)CN1CCCC1CC. The zero-order valence-electron chi connectivity index (χ0n) is 9.41. The van der Waals surface area contributed by atoms with Crippen molar-refractivity contribution in [1.29, 1.82) is 0 Å². The van der Waals surface area contributed by atoms with E-state index >= 15 is 0 Å². The number of likely N-dealkylation sites (tertiary alicyclic amines) is 1. The molecule has 2 atom stereocenters. The molecule has 1 rings (SSSR count). The number of nitrogens with zero attached hydrogens (tertiary/aromatic N) is 1. The van der Waals surface area contributed by atoms with Gasteiger partial charge in [-0.1, -0.05) is 6.92 Å². The second-order valence-electron chi connectivity index (χ2n) is 4.01. The predicted octanol–water partition coefficient (Wildman–Crippen LogP) is 1.26. The minimum Gasteiger partial charge on any atom is -0.389 e. The van der Waals surface area contributed by atoms with Gasteiger partial charge in [-0.15, -0.1) is 0 Å². The lowest BCUT2D eigenvalue weighted by Gasteiger charge is -2.25. The van der Waals surface area contributed by atoms with Gasteiger partial charge in [0.25, 0.3) is 0 Å². The van der Waals surface area contributed by atoms with Crippen LogP contribution in [0.3, 0.4) is 0 Å². The average molecular weight is 201 g/mol. The quantitative estimate of drug-likeness (QED) is 0.702. The summed E-state index contributed by atoms with van der Waals surface area (Å²) in [6.07, 6.45) is 3.45. The van der Waals surface area contributed by atoms with Crippen molar-refractivity contribution in [3.63, 3.8) is 0 Å². The monoisotopic (exact) mass is 201 g/mol. The molecular formula is C11H23NO2. The molecule has 0 spiro atoms. The fourth-order valence-corrected chi connectivity index (χ4v) is 2.18. The highest BCUT2D eigenvalue weighted by Crippen LogP contribution is 2.19. The van der Waals surface area contributed by atoms with E-state index in [1.807, 2.05) is 6.92 Å². The highest BCUT2D eigenvalue weighted by molar-refractivity contribution is 4.79. The fourth-order valence-electron chi connectivity index (χ4n) is 2.18. The van der Waals surface area contributed by atoms with Crippen LogP contribution in [0.15, 0.2) is 0 Å². The van der Waals surface area contributed by atoms with Crippen molar-refractivity contribution >= 4 is 0 Å². The summed E-state index contributed by atoms with van der Waals surface area (Å²) >= 11 is 0. The van der Waals surface area contributed by atoms with Gasteiger partial charge in [0.2, 0.25) is 0 Å². The van der Waals surface area contributed by atoms with E-state index < -0.39 is 0 Å². The summed E-state index contributed by atoms with van der Waals surface area (Å²) < 4.78 is 5.20. The first-order valence-electron chi connectivity index (χ1n) is 5.77. The van der Waals surface area contributed by atoms with E-state index in [2.05, 4.69) is 11.8 Å². The number of hydrogen-bond donors (Lipinski definition) is 1. The Labute approximate surface area is 87.1 Å². The minimum atomic E-state index is -0.318. The summed E-state index contributed by atoms with van der Waals surface area (Å²) in [5, 5.41) is 9.69. The van der Waals surface area contributed by atoms with Crippen molar-refractivity contribution in [2.45, 2.75) is 45.3 Å². The molecule has 0 aromatic rings. The molecule has 1 N–H and O–H groups in total. The summed E-state index contributed by atoms with van der Waals surface area (Å²) in [6.45, 7) is 7.26. The Morgan fingerprint density at radius 1 is 1.50 bits per heavy atom. The smallest absolute Gasteiger partial charge is 0.0900 e. The zero-order valence-corrected chi connectivity index (χ0v) is 9.41. The Kier molecular flexibility index (Phi) is 5.45. The predicted molar refractivity (Wildman–Crippen MR) is 57.4 cm³/mol. The van der Waals surface area contributed by atoms with Crippen LogP contribution >= 0.6 is 0 Å². The summed E-state index contributed by atoms with van der Waals surface area (Å²) in [6, 6.07) is 0.686. The van der Waals surface area contributed by atoms with Crippen molar-refractivity contribution in [2.24, 2.45) is 0 Å². The molecule has 3 nitrogen and oxygen atoms in total. The largest absolute Gasteiger partial charge is 0.389 e. The third-order valence-electron chi connectivity index (χ3n) is 2.93. The second kappa shape index (κ2) is 6.38. The van der Waals surface area contributed by atoms with Gasteiger partial charge in [0.15, 0.2) is 0 Å². The van der Waals surface area contributed by atoms with Crippen LogP contribution in [0.25, 0.3) is 0 Å². The van der Waals surface area contributed by atoms with Gasteiger partial charge in [0, 0.05) is 19.2 Å². The van der Waals surface area contributed by atoms with Crippen molar-refractivity contribution in [3.05, 3.63) is 0 Å². The number of β-amino-alcohol motifs (C(OH)–C–C–N with tert-alkyl or cyclic N) is 1. The van der Waals surface area contributed by atoms with Gasteiger partial charge in [0.1, 0.15) is 0 Å². The Morgan fingerprint density at radius 2 is 2.29 bits per heavy atom. The molecule has 1 aliphatic rings. The summed E-state index contributed by atoms with van der Waals surface area (Å²) in [5.74, 6) is 0. The van der Waals surface area contributed by atoms with Crippen molar-refractivity contribution in [1.82, 2.24) is 4.90 Å². The van der Waals surface area contributed by atoms with Crippen LogP contribution in [-0.4, -0.2) is 48.5 Å². The lowest BCUT2D eigenvalue weighted by Crippen LogP contribution is -2.37. The molecule has 0 aliphatic carbocycles. The lowest BCUT2D eigenvalue weighted by molar-refractivity contribution is 0.0185. The molecule has 1 aliphatic heterocycles. The topological polar surface area (TPSA) is 32.7 Å². The standard InChI is InChI=1S/C11H23NO2/c1-3-10-6-5-7-12(10)8-11(13)9-14-4-2/h10-11,13H,3-9H2,1-2H3. The molecule has 1 fully saturated rings. The molecular weight excluding hydrogens is 178 g/mol. The first kappa shape index (κ1) is 12.0. The highest BCUT2D eigenvalue weighted by atomic mass is 16.5. The van der Waals surface area contributed by atoms with Crippen LogP contribution in [0.2, 0.25) is 0 Å². The van der Waals surface area contributed by atoms with Crippen molar-refractivity contribution in [2.75, 3.05) is 26.3 Å². The van der Waals surface area contributed by atoms with Gasteiger partial charge in [-0.3, -0.25) is 4.90 Å². The lowest BCUT2D eigenvalue weighted by atomic mass is 10.1. The molecule has 0 bridgehead atoms. The van der Waals surface area contributed by atoms with Gasteiger partial charge in [-0.25, -0.2) is 0 Å². The maximum Gasteiger partial charge on any atom is 0.0900 e. The summed E-state index contributed by atoms with van der Waals surface area (Å²) in [4.78, 5) is 2.39. The minimum absolute atomic E-state index is 0.318. The van der Waals surface area contributed by atoms with E-state index in [0.29, 0.717) is 19.3 Å². The van der Waals surface area contributed by atoms with E-state index in [-0.39, 0.29) is 6.10 Å². The van der Waals surface area contributed by atoms with Crippen LogP contribution < -0.4 is 0 Å². The first-order valence-corrected chi connectivity index (χ1v) is 5.77. The van der Waals surface area contributed by atoms with E-state index in [9.17, 15) is 5.11 Å². The Balaban J connectivity index is 2.21. The van der Waals surface area contributed by atoms with E-state index in [1.165, 1.54) is 19.3 Å². The molecule has 0 radical (unpaired) electrons. The van der Waals surface area contributed by atoms with Crippen LogP contribution in [0, 0.1) is 0 Å². The maximum atomic E-state index is 9.69. The van der Waals surface area contributed by atoms with Crippen LogP contribution in [0.1, 0.15) is 33.1 Å². The molecule has 1 heterocycles. The number of aliphatic hydroxyl groups excluding tert-OH is 1. The normalized spacial score (nSPS) is 25.5. The van der Waals surface area contributed by atoms with Gasteiger partial charge >= 0.3 is 0 Å². The zero-order chi connectivity index (χ0) is 10.4. The number of aliphatic hydroxyl groups is 1. The number of rotatable bonds is 6. The molecule has 84 valence electrons. The van der Waals surface area contributed by atoms with Gasteiger partial charge in [-0.05, 0) is 32.7 Å². The molecule has 0 aromatic heterocycles. The third-order valence-corrected chi connectivity index (χ3v) is 2.93.